The summed E-state index contributed by atoms with van der Waals surface area (Å²) in [6.45, 7) is 24.5. The van der Waals surface area contributed by atoms with E-state index in [1.54, 1.807) is 18.2 Å². The number of aromatic nitrogens is 15. The number of rotatable bonds is 5. The van der Waals surface area contributed by atoms with Crippen LogP contribution in [0.1, 0.15) is 72.3 Å². The van der Waals surface area contributed by atoms with Gasteiger partial charge in [0.2, 0.25) is 0 Å². The quantitative estimate of drug-likeness (QED) is 0.117. The molecular formula is C86H70F5N15. The molecule has 0 spiro atoms. The van der Waals surface area contributed by atoms with E-state index >= 15 is 0 Å². The Morgan fingerprint density at radius 3 is 0.972 bits per heavy atom. The summed E-state index contributed by atoms with van der Waals surface area (Å²) in [4.78, 5) is 0. The van der Waals surface area contributed by atoms with E-state index in [9.17, 15) is 22.0 Å². The van der Waals surface area contributed by atoms with Gasteiger partial charge in [-0.3, -0.25) is 0 Å². The van der Waals surface area contributed by atoms with Crippen LogP contribution in [0.3, 0.4) is 0 Å². The van der Waals surface area contributed by atoms with Crippen LogP contribution in [-0.2, 0) is 6.18 Å². The number of halogens is 5. The molecule has 15 nitrogen and oxygen atoms in total. The van der Waals surface area contributed by atoms with Crippen LogP contribution >= 0.6 is 0 Å². The van der Waals surface area contributed by atoms with Gasteiger partial charge in [-0.25, -0.2) is 8.78 Å². The molecule has 17 rings (SSSR count). The largest absolute Gasteiger partial charge is 0.418 e. The van der Waals surface area contributed by atoms with Crippen molar-refractivity contribution in [2.24, 2.45) is 0 Å². The molecule has 0 N–H and O–H groups in total. The van der Waals surface area contributed by atoms with Crippen molar-refractivity contribution in [1.29, 1.82) is 0 Å². The minimum atomic E-state index is -4.48. The first-order chi connectivity index (χ1) is 50.9. The van der Waals surface area contributed by atoms with E-state index in [-0.39, 0.29) is 28.2 Å². The molecule has 12 aromatic carbocycles. The van der Waals surface area contributed by atoms with Crippen molar-refractivity contribution < 1.29 is 22.0 Å². The molecule has 0 atom stereocenters. The van der Waals surface area contributed by atoms with Gasteiger partial charge < -0.3 is 0 Å². The van der Waals surface area contributed by atoms with Crippen LogP contribution in [0.4, 0.5) is 22.0 Å². The summed E-state index contributed by atoms with van der Waals surface area (Å²) in [6, 6.07) is 65.7. The molecule has 0 radical (unpaired) electrons. The zero-order chi connectivity index (χ0) is 74.7. The lowest BCUT2D eigenvalue weighted by Gasteiger charge is -2.11. The van der Waals surface area contributed by atoms with Crippen LogP contribution in [0.25, 0.3) is 132 Å². The molecule has 17 aromatic rings. The van der Waals surface area contributed by atoms with Crippen LogP contribution < -0.4 is 0 Å². The molecule has 0 saturated carbocycles. The highest BCUT2D eigenvalue weighted by Crippen LogP contribution is 2.39. The summed E-state index contributed by atoms with van der Waals surface area (Å²) >= 11 is 0. The fourth-order valence-electron chi connectivity index (χ4n) is 13.7. The minimum Gasteiger partial charge on any atom is -0.205 e. The molecule has 0 fully saturated rings. The smallest absolute Gasteiger partial charge is 0.205 e. The van der Waals surface area contributed by atoms with Crippen molar-refractivity contribution in [3.05, 3.63) is 290 Å². The second-order valence-electron chi connectivity index (χ2n) is 26.8. The van der Waals surface area contributed by atoms with E-state index < -0.39 is 11.7 Å². The molecule has 0 saturated heterocycles. The number of hydrogen-bond acceptors (Lipinski definition) is 15. The topological polar surface area (TPSA) is 193 Å². The molecule has 0 bridgehead atoms. The predicted molar refractivity (Wildman–Crippen MR) is 411 cm³/mol. The highest BCUT2D eigenvalue weighted by Gasteiger charge is 2.34. The van der Waals surface area contributed by atoms with E-state index in [0.29, 0.717) is 38.6 Å². The summed E-state index contributed by atoms with van der Waals surface area (Å²) in [5, 5.41) is 67.1. The van der Waals surface area contributed by atoms with Crippen LogP contribution in [-0.4, -0.2) is 77.1 Å². The normalized spacial score (nSPS) is 11.3. The van der Waals surface area contributed by atoms with Gasteiger partial charge in [0.15, 0.2) is 11.6 Å². The third kappa shape index (κ3) is 15.4. The molecule has 5 aromatic heterocycles. The maximum Gasteiger partial charge on any atom is 0.418 e. The summed E-state index contributed by atoms with van der Waals surface area (Å²) in [7, 11) is 0. The maximum atomic E-state index is 14.8. The van der Waals surface area contributed by atoms with Gasteiger partial charge in [-0.2, -0.15) is 13.2 Å². The Kier molecular flexibility index (Phi) is 20.4. The van der Waals surface area contributed by atoms with E-state index in [0.717, 1.165) is 117 Å². The number of aryl methyl sites for hydroxylation is 12. The molecule has 106 heavy (non-hydrogen) atoms. The third-order valence-electron chi connectivity index (χ3n) is 18.0. The lowest BCUT2D eigenvalue weighted by atomic mass is 9.97. The second-order valence-corrected chi connectivity index (χ2v) is 26.8. The average molecular weight is 1410 g/mol. The van der Waals surface area contributed by atoms with Gasteiger partial charge in [-0.15, -0.1) is 51.0 Å². The summed E-state index contributed by atoms with van der Waals surface area (Å²) in [5.41, 5.74) is 23.4. The highest BCUT2D eigenvalue weighted by atomic mass is 19.4. The number of alkyl halides is 3. The molecule has 5 heterocycles. The molecule has 20 heteroatoms. The summed E-state index contributed by atoms with van der Waals surface area (Å²) < 4.78 is 67.8. The van der Waals surface area contributed by atoms with Crippen molar-refractivity contribution >= 4 is 76.1 Å². The first kappa shape index (κ1) is 71.6. The van der Waals surface area contributed by atoms with Gasteiger partial charge >= 0.3 is 6.18 Å². The lowest BCUT2D eigenvalue weighted by molar-refractivity contribution is -0.136. The van der Waals surface area contributed by atoms with Gasteiger partial charge in [-0.05, 0) is 221 Å². The number of fused-ring (bicyclic) bond motifs is 7. The van der Waals surface area contributed by atoms with Crippen molar-refractivity contribution in [2.45, 2.75) is 89.3 Å². The number of nitrogens with zero attached hydrogens (tertiary/aromatic N) is 15. The lowest BCUT2D eigenvalue weighted by Crippen LogP contribution is -2.08. The summed E-state index contributed by atoms with van der Waals surface area (Å²) in [5.74, 6) is -0.725. The van der Waals surface area contributed by atoms with Crippen molar-refractivity contribution in [1.82, 2.24) is 77.1 Å². The first-order valence-corrected chi connectivity index (χ1v) is 34.1. The van der Waals surface area contributed by atoms with E-state index in [1.165, 1.54) is 45.2 Å². The number of benzene rings is 12. The van der Waals surface area contributed by atoms with Gasteiger partial charge in [0.25, 0.3) is 0 Å². The molecule has 0 aliphatic heterocycles. The molecule has 0 aliphatic carbocycles. The van der Waals surface area contributed by atoms with E-state index in [4.69, 9.17) is 0 Å². The Bertz CT molecular complexity index is 5840. The van der Waals surface area contributed by atoms with Crippen LogP contribution in [0.15, 0.2) is 206 Å². The molecule has 0 unspecified atom stereocenters. The van der Waals surface area contributed by atoms with E-state index in [2.05, 4.69) is 197 Å². The Labute approximate surface area is 607 Å². The van der Waals surface area contributed by atoms with Crippen LogP contribution in [0.2, 0.25) is 0 Å². The van der Waals surface area contributed by atoms with Crippen molar-refractivity contribution in [2.75, 3.05) is 0 Å². The summed E-state index contributed by atoms with van der Waals surface area (Å²) in [6.07, 6.45) is -4.48. The van der Waals surface area contributed by atoms with Gasteiger partial charge in [-0.1, -0.05) is 177 Å². The molecule has 524 valence electrons. The fourth-order valence-corrected chi connectivity index (χ4v) is 13.7. The molecular weight excluding hydrogens is 1340 g/mol. The zero-order valence-electron chi connectivity index (χ0n) is 60.2. The fraction of sp³-hybridized carbons (Fsp3) is 0.151. The Balaban J connectivity index is 0.000000118. The zero-order valence-corrected chi connectivity index (χ0v) is 60.2. The van der Waals surface area contributed by atoms with Gasteiger partial charge in [0, 0.05) is 60.1 Å². The Morgan fingerprint density at radius 1 is 0.245 bits per heavy atom. The Morgan fingerprint density at radius 2 is 0.547 bits per heavy atom. The first-order valence-electron chi connectivity index (χ1n) is 34.1. The maximum absolute atomic E-state index is 14.8. The van der Waals surface area contributed by atoms with Crippen molar-refractivity contribution in [3.8, 4) is 56.3 Å². The molecule has 0 aliphatic rings. The Hall–Kier alpha value is -12.8. The number of hydrogen-bond donors (Lipinski definition) is 0. The SMILES string of the molecule is Cc1cc(C)cc(-c2nnnc3c(C(F)(F)F)cccc23)c1.Cc1cc(C)cc(-c2nnnc3c(C)c4ccccc4cc23)c1.Cc1cc(C)cc(-c2nnnc3c(C)cccc23)c1.Cc1cc(C)cc(-c2nnnc3c(F)c4ccccc4cc23)c1.Cc1cc(C)cc(-c2nnnc3c(F)cccc23)c1. The van der Waals surface area contributed by atoms with Gasteiger partial charge in [0.05, 0.1) is 11.1 Å². The minimum absolute atomic E-state index is 0.181. The van der Waals surface area contributed by atoms with Gasteiger partial charge in [0.1, 0.15) is 50.5 Å². The predicted octanol–water partition coefficient (Wildman–Crippen LogP) is 20.8. The second kappa shape index (κ2) is 30.2. The average Bonchev–Trinajstić information content (AvgIpc) is 0.770. The highest BCUT2D eigenvalue weighted by molar-refractivity contribution is 6.06. The van der Waals surface area contributed by atoms with E-state index in [1.807, 2.05) is 133 Å². The standard InChI is InChI=1S/C20H17N3.C19H14FN3.C16H12F3N3.C16H15N3.C15H12FN3/c1-12-8-13(2)10-16(9-12)20-18-11-15-6-4-5-7-17(15)14(3)19(18)21-23-22-20;1-11-7-12(2)9-14(8-11)18-16-10-13-5-3-4-6-15(13)17(20)19(16)22-23-21-18;1-9-6-10(2)8-11(7-9)14-12-4-3-5-13(16(17,18)19)15(12)21-22-20-14;1-10-7-11(2)9-13(8-10)16-14-6-4-5-12(3)15(14)17-19-18-16;1-9-6-10(2)8-11(7-9)14-12-4-3-5-13(16)15(12)18-19-17-14/h4-11H,1-3H3;3-10H,1-2H3;3-8H,1-2H3;4-9H,1-3H3;3-8H,1-2H3. The third-order valence-corrected chi connectivity index (χ3v) is 18.0. The monoisotopic (exact) mass is 1410 g/mol. The molecule has 0 amide bonds. The van der Waals surface area contributed by atoms with Crippen molar-refractivity contribution in [3.63, 3.8) is 0 Å². The van der Waals surface area contributed by atoms with Crippen LogP contribution in [0, 0.1) is 94.7 Å². The van der Waals surface area contributed by atoms with Crippen LogP contribution in [0.5, 0.6) is 0 Å².